The maximum absolute atomic E-state index is 5.91. The van der Waals surface area contributed by atoms with E-state index in [4.69, 9.17) is 11.6 Å². The van der Waals surface area contributed by atoms with Crippen molar-refractivity contribution in [2.45, 2.75) is 56.4 Å². The Morgan fingerprint density at radius 1 is 1.40 bits per heavy atom. The third kappa shape index (κ3) is 4.37. The molecule has 0 radical (unpaired) electrons. The number of rotatable bonds is 5. The molecule has 1 aliphatic carbocycles. The molecule has 0 amide bonds. The molecule has 1 aromatic rings. The summed E-state index contributed by atoms with van der Waals surface area (Å²) in [6.45, 7) is 7.93. The van der Waals surface area contributed by atoms with Gasteiger partial charge in [0, 0.05) is 17.5 Å². The first-order valence-corrected chi connectivity index (χ1v) is 8.87. The lowest BCUT2D eigenvalue weighted by Crippen LogP contribution is -2.43. The van der Waals surface area contributed by atoms with Gasteiger partial charge in [-0.25, -0.2) is 4.98 Å². The van der Waals surface area contributed by atoms with Crippen molar-refractivity contribution in [1.29, 1.82) is 0 Å². The van der Waals surface area contributed by atoms with Crippen LogP contribution in [0, 0.1) is 11.8 Å². The van der Waals surface area contributed by atoms with Crippen LogP contribution in [0.15, 0.2) is 23.4 Å². The molecule has 0 bridgehead atoms. The van der Waals surface area contributed by atoms with Gasteiger partial charge < -0.3 is 5.32 Å². The first kappa shape index (κ1) is 16.1. The summed E-state index contributed by atoms with van der Waals surface area (Å²) in [5.74, 6) is 1.62. The first-order chi connectivity index (χ1) is 9.60. The van der Waals surface area contributed by atoms with Crippen molar-refractivity contribution in [3.05, 3.63) is 23.4 Å². The van der Waals surface area contributed by atoms with Crippen molar-refractivity contribution < 1.29 is 0 Å². The van der Waals surface area contributed by atoms with Gasteiger partial charge in [0.15, 0.2) is 0 Å². The van der Waals surface area contributed by atoms with Gasteiger partial charge in [0.2, 0.25) is 0 Å². The lowest BCUT2D eigenvalue weighted by atomic mass is 9.79. The Hall–Kier alpha value is -0.250. The highest BCUT2D eigenvalue weighted by Gasteiger charge is 2.32. The fourth-order valence-electron chi connectivity index (χ4n) is 2.98. The first-order valence-electron chi connectivity index (χ1n) is 7.61. The Balaban J connectivity index is 2.04. The predicted molar refractivity (Wildman–Crippen MR) is 88.5 cm³/mol. The van der Waals surface area contributed by atoms with Crippen LogP contribution in [-0.4, -0.2) is 22.8 Å². The minimum atomic E-state index is 0.609. The standard InChI is InChI=1S/C16H25ClN2S/c1-4-18-14-7-5-12(11(2)3)9-15(14)20-16-8-6-13(17)10-19-16/h6,8,10-12,14-15,18H,4-5,7,9H2,1-3H3. The lowest BCUT2D eigenvalue weighted by molar-refractivity contribution is 0.247. The average molecular weight is 313 g/mol. The number of hydrogen-bond donors (Lipinski definition) is 1. The van der Waals surface area contributed by atoms with Crippen LogP contribution in [0.5, 0.6) is 0 Å². The van der Waals surface area contributed by atoms with Crippen molar-refractivity contribution in [2.75, 3.05) is 6.54 Å². The number of pyridine rings is 1. The highest BCUT2D eigenvalue weighted by Crippen LogP contribution is 2.38. The highest BCUT2D eigenvalue weighted by molar-refractivity contribution is 7.99. The van der Waals surface area contributed by atoms with Crippen LogP contribution in [-0.2, 0) is 0 Å². The monoisotopic (exact) mass is 312 g/mol. The van der Waals surface area contributed by atoms with Crippen molar-refractivity contribution in [2.24, 2.45) is 11.8 Å². The van der Waals surface area contributed by atoms with E-state index in [1.165, 1.54) is 19.3 Å². The lowest BCUT2D eigenvalue weighted by Gasteiger charge is -2.37. The Morgan fingerprint density at radius 3 is 2.80 bits per heavy atom. The second kappa shape index (κ2) is 7.67. The van der Waals surface area contributed by atoms with Gasteiger partial charge in [0.25, 0.3) is 0 Å². The van der Waals surface area contributed by atoms with E-state index < -0.39 is 0 Å². The molecule has 1 N–H and O–H groups in total. The van der Waals surface area contributed by atoms with Crippen molar-refractivity contribution in [3.8, 4) is 0 Å². The summed E-state index contributed by atoms with van der Waals surface area (Å²) in [5.41, 5.74) is 0. The summed E-state index contributed by atoms with van der Waals surface area (Å²) in [6.07, 6.45) is 5.65. The molecule has 0 aliphatic heterocycles. The SMILES string of the molecule is CCNC1CCC(C(C)C)CC1Sc1ccc(Cl)cn1. The van der Waals surface area contributed by atoms with Gasteiger partial charge in [-0.2, -0.15) is 0 Å². The molecule has 112 valence electrons. The van der Waals surface area contributed by atoms with Gasteiger partial charge >= 0.3 is 0 Å². The number of nitrogens with one attached hydrogen (secondary N) is 1. The van der Waals surface area contributed by atoms with E-state index in [0.29, 0.717) is 16.3 Å². The van der Waals surface area contributed by atoms with Crippen molar-refractivity contribution in [1.82, 2.24) is 10.3 Å². The molecule has 3 atom stereocenters. The second-order valence-corrected chi connectivity index (χ2v) is 7.65. The smallest absolute Gasteiger partial charge is 0.0964 e. The molecule has 1 heterocycles. The van der Waals surface area contributed by atoms with E-state index >= 15 is 0 Å². The molecular formula is C16H25ClN2S. The zero-order chi connectivity index (χ0) is 14.5. The number of hydrogen-bond acceptors (Lipinski definition) is 3. The van der Waals surface area contributed by atoms with Crippen LogP contribution in [0.1, 0.15) is 40.0 Å². The number of aromatic nitrogens is 1. The van der Waals surface area contributed by atoms with Crippen LogP contribution in [0.3, 0.4) is 0 Å². The van der Waals surface area contributed by atoms with Crippen LogP contribution < -0.4 is 5.32 Å². The normalized spacial score (nSPS) is 26.9. The molecule has 3 unspecified atom stereocenters. The zero-order valence-electron chi connectivity index (χ0n) is 12.6. The topological polar surface area (TPSA) is 24.9 Å². The summed E-state index contributed by atoms with van der Waals surface area (Å²) < 4.78 is 0. The third-order valence-electron chi connectivity index (χ3n) is 4.21. The van der Waals surface area contributed by atoms with Crippen LogP contribution >= 0.6 is 23.4 Å². The van der Waals surface area contributed by atoms with E-state index in [2.05, 4.69) is 31.1 Å². The Labute approximate surface area is 132 Å². The van der Waals surface area contributed by atoms with Crippen molar-refractivity contribution in [3.63, 3.8) is 0 Å². The molecule has 2 rings (SSSR count). The summed E-state index contributed by atoms with van der Waals surface area (Å²) in [6, 6.07) is 4.58. The minimum absolute atomic E-state index is 0.609. The number of nitrogens with zero attached hydrogens (tertiary/aromatic N) is 1. The Morgan fingerprint density at radius 2 is 2.20 bits per heavy atom. The van der Waals surface area contributed by atoms with E-state index in [-0.39, 0.29) is 0 Å². The molecule has 1 aliphatic rings. The zero-order valence-corrected chi connectivity index (χ0v) is 14.2. The van der Waals surface area contributed by atoms with Crippen molar-refractivity contribution >= 4 is 23.4 Å². The molecule has 20 heavy (non-hydrogen) atoms. The van der Waals surface area contributed by atoms with Gasteiger partial charge in [0.05, 0.1) is 10.0 Å². The van der Waals surface area contributed by atoms with E-state index in [0.717, 1.165) is 23.4 Å². The van der Waals surface area contributed by atoms with E-state index in [9.17, 15) is 0 Å². The average Bonchev–Trinajstić information content (AvgIpc) is 2.43. The Bertz CT molecular complexity index is 407. The minimum Gasteiger partial charge on any atom is -0.313 e. The Kier molecular flexibility index (Phi) is 6.19. The van der Waals surface area contributed by atoms with Crippen LogP contribution in [0.4, 0.5) is 0 Å². The fourth-order valence-corrected chi connectivity index (χ4v) is 4.40. The quantitative estimate of drug-likeness (QED) is 0.858. The summed E-state index contributed by atoms with van der Waals surface area (Å²) in [5, 5.41) is 6.07. The fraction of sp³-hybridized carbons (Fsp3) is 0.688. The van der Waals surface area contributed by atoms with E-state index in [1.54, 1.807) is 6.20 Å². The molecule has 1 saturated carbocycles. The van der Waals surface area contributed by atoms with Gasteiger partial charge in [0.1, 0.15) is 0 Å². The van der Waals surface area contributed by atoms with Crippen LogP contribution in [0.2, 0.25) is 5.02 Å². The molecule has 0 aromatic carbocycles. The molecule has 4 heteroatoms. The molecule has 1 fully saturated rings. The molecule has 0 spiro atoms. The van der Waals surface area contributed by atoms with Gasteiger partial charge in [-0.05, 0) is 49.8 Å². The van der Waals surface area contributed by atoms with E-state index in [1.807, 2.05) is 23.9 Å². The van der Waals surface area contributed by atoms with Gasteiger partial charge in [-0.1, -0.05) is 32.4 Å². The number of thioether (sulfide) groups is 1. The third-order valence-corrected chi connectivity index (χ3v) is 5.74. The maximum atomic E-state index is 5.91. The number of halogens is 1. The highest BCUT2D eigenvalue weighted by atomic mass is 35.5. The maximum Gasteiger partial charge on any atom is 0.0964 e. The second-order valence-electron chi connectivity index (χ2n) is 5.95. The van der Waals surface area contributed by atoms with Crippen LogP contribution in [0.25, 0.3) is 0 Å². The molecule has 1 aromatic heterocycles. The molecule has 0 saturated heterocycles. The molecule has 2 nitrogen and oxygen atoms in total. The summed E-state index contributed by atoms with van der Waals surface area (Å²) in [4.78, 5) is 4.44. The predicted octanol–water partition coefficient (Wildman–Crippen LogP) is 4.63. The van der Waals surface area contributed by atoms with Gasteiger partial charge in [-0.15, -0.1) is 11.8 Å². The largest absolute Gasteiger partial charge is 0.313 e. The summed E-state index contributed by atoms with van der Waals surface area (Å²) in [7, 11) is 0. The summed E-state index contributed by atoms with van der Waals surface area (Å²) >= 11 is 7.82. The van der Waals surface area contributed by atoms with Gasteiger partial charge in [-0.3, -0.25) is 0 Å². The molecular weight excluding hydrogens is 288 g/mol.